The quantitative estimate of drug-likeness (QED) is 0.782. The molecule has 0 unspecified atom stereocenters. The van der Waals surface area contributed by atoms with Gasteiger partial charge in [0.25, 0.3) is 0 Å². The maximum Gasteiger partial charge on any atom is 0.227 e. The number of aromatic nitrogens is 1. The van der Waals surface area contributed by atoms with E-state index in [0.717, 1.165) is 5.56 Å². The molecule has 1 atom stereocenters. The first-order valence-electron chi connectivity index (χ1n) is 7.77. The molecule has 25 heavy (non-hydrogen) atoms. The summed E-state index contributed by atoms with van der Waals surface area (Å²) in [7, 11) is 0. The fourth-order valence-electron chi connectivity index (χ4n) is 2.98. The van der Waals surface area contributed by atoms with Gasteiger partial charge in [0.05, 0.1) is 5.92 Å². The van der Waals surface area contributed by atoms with E-state index < -0.39 is 11.8 Å². The van der Waals surface area contributed by atoms with Gasteiger partial charge in [-0.25, -0.2) is 4.98 Å². The molecule has 4 rings (SSSR count). The van der Waals surface area contributed by atoms with E-state index in [1.54, 1.807) is 23.1 Å². The van der Waals surface area contributed by atoms with Gasteiger partial charge in [-0.15, -0.1) is 0 Å². The number of hydrogen-bond acceptors (Lipinski definition) is 4. The molecular weight excluding hydrogens is 342 g/mol. The van der Waals surface area contributed by atoms with Crippen molar-refractivity contribution in [2.24, 2.45) is 11.7 Å². The van der Waals surface area contributed by atoms with Gasteiger partial charge in [0.2, 0.25) is 17.7 Å². The zero-order chi connectivity index (χ0) is 17.6. The second-order valence-electron chi connectivity index (χ2n) is 5.99. The average Bonchev–Trinajstić information content (AvgIpc) is 3.18. The molecule has 2 amide bonds. The number of benzene rings is 2. The first-order valence-corrected chi connectivity index (χ1v) is 8.15. The van der Waals surface area contributed by atoms with E-state index in [4.69, 9.17) is 21.8 Å². The molecule has 3 aromatic rings. The molecule has 1 aliphatic rings. The Bertz CT molecular complexity index is 998. The lowest BCUT2D eigenvalue weighted by Gasteiger charge is -2.16. The van der Waals surface area contributed by atoms with Crippen LogP contribution in [0.15, 0.2) is 46.9 Å². The van der Waals surface area contributed by atoms with Crippen LogP contribution < -0.4 is 10.6 Å². The Balaban J connectivity index is 1.69. The summed E-state index contributed by atoms with van der Waals surface area (Å²) in [5.74, 6) is -0.590. The summed E-state index contributed by atoms with van der Waals surface area (Å²) in [6, 6.07) is 12.5. The number of oxazole rings is 1. The van der Waals surface area contributed by atoms with Crippen molar-refractivity contribution in [2.75, 3.05) is 11.4 Å². The second kappa shape index (κ2) is 5.89. The minimum Gasteiger partial charge on any atom is -0.436 e. The van der Waals surface area contributed by atoms with Crippen molar-refractivity contribution in [3.05, 3.63) is 47.5 Å². The third kappa shape index (κ3) is 2.85. The zero-order valence-electron chi connectivity index (χ0n) is 13.1. The first-order chi connectivity index (χ1) is 12.0. The summed E-state index contributed by atoms with van der Waals surface area (Å²) in [5, 5.41) is 0.584. The number of hydrogen-bond donors (Lipinski definition) is 1. The summed E-state index contributed by atoms with van der Waals surface area (Å²) < 4.78 is 5.77. The number of anilines is 1. The van der Waals surface area contributed by atoms with Crippen molar-refractivity contribution < 1.29 is 14.0 Å². The first kappa shape index (κ1) is 15.7. The molecule has 2 aromatic carbocycles. The lowest BCUT2D eigenvalue weighted by atomic mass is 10.1. The smallest absolute Gasteiger partial charge is 0.227 e. The van der Waals surface area contributed by atoms with Crippen LogP contribution >= 0.6 is 11.6 Å². The number of nitrogens with two attached hydrogens (primary N) is 1. The maximum absolute atomic E-state index is 12.2. The van der Waals surface area contributed by atoms with Gasteiger partial charge in [0.15, 0.2) is 5.58 Å². The zero-order valence-corrected chi connectivity index (χ0v) is 13.9. The number of carbonyl (C=O) groups is 2. The Labute approximate surface area is 148 Å². The molecule has 0 radical (unpaired) electrons. The van der Waals surface area contributed by atoms with Gasteiger partial charge in [-0.05, 0) is 36.4 Å². The van der Waals surface area contributed by atoms with Crippen LogP contribution in [0.5, 0.6) is 0 Å². The lowest BCUT2D eigenvalue weighted by molar-refractivity contribution is -0.123. The van der Waals surface area contributed by atoms with Crippen molar-refractivity contribution in [3.63, 3.8) is 0 Å². The molecular formula is C18H14ClN3O3. The predicted molar refractivity (Wildman–Crippen MR) is 94.1 cm³/mol. The standard InChI is InChI=1S/C18H14ClN3O3/c19-12-4-5-15-14(8-12)21-18(25-15)10-2-1-3-13(6-10)22-9-11(17(20)24)7-16(22)23/h1-6,8,11H,7,9H2,(H2,20,24)/t11-/m0/s1. The van der Waals surface area contributed by atoms with Crippen molar-refractivity contribution in [1.29, 1.82) is 0 Å². The van der Waals surface area contributed by atoms with Crippen LogP contribution in [-0.2, 0) is 9.59 Å². The molecule has 1 fully saturated rings. The van der Waals surface area contributed by atoms with E-state index in [9.17, 15) is 9.59 Å². The highest BCUT2D eigenvalue weighted by Gasteiger charge is 2.34. The molecule has 126 valence electrons. The number of halogens is 1. The molecule has 6 nitrogen and oxygen atoms in total. The molecule has 0 bridgehead atoms. The molecule has 2 N–H and O–H groups in total. The second-order valence-corrected chi connectivity index (χ2v) is 6.43. The van der Waals surface area contributed by atoms with Gasteiger partial charge >= 0.3 is 0 Å². The normalized spacial score (nSPS) is 17.4. The van der Waals surface area contributed by atoms with Crippen LogP contribution in [0.1, 0.15) is 6.42 Å². The van der Waals surface area contributed by atoms with E-state index in [-0.39, 0.29) is 12.3 Å². The Kier molecular flexibility index (Phi) is 3.69. The summed E-state index contributed by atoms with van der Waals surface area (Å²) in [6.07, 6.45) is 0.140. The highest BCUT2D eigenvalue weighted by atomic mass is 35.5. The van der Waals surface area contributed by atoms with Gasteiger partial charge in [-0.2, -0.15) is 0 Å². The predicted octanol–water partition coefficient (Wildman–Crippen LogP) is 2.99. The monoisotopic (exact) mass is 355 g/mol. The van der Waals surface area contributed by atoms with Crippen molar-refractivity contribution in [3.8, 4) is 11.5 Å². The number of nitrogens with zero attached hydrogens (tertiary/aromatic N) is 2. The summed E-state index contributed by atoms with van der Waals surface area (Å²) in [4.78, 5) is 29.5. The molecule has 0 spiro atoms. The molecule has 7 heteroatoms. The Hall–Kier alpha value is -2.86. The Morgan fingerprint density at radius 3 is 2.88 bits per heavy atom. The van der Waals surface area contributed by atoms with Crippen LogP contribution in [0, 0.1) is 5.92 Å². The highest BCUT2D eigenvalue weighted by Crippen LogP contribution is 2.31. The van der Waals surface area contributed by atoms with E-state index in [1.807, 2.05) is 24.3 Å². The highest BCUT2D eigenvalue weighted by molar-refractivity contribution is 6.31. The summed E-state index contributed by atoms with van der Waals surface area (Å²) >= 11 is 5.98. The van der Waals surface area contributed by atoms with E-state index >= 15 is 0 Å². The van der Waals surface area contributed by atoms with E-state index in [2.05, 4.69) is 4.98 Å². The van der Waals surface area contributed by atoms with Gasteiger partial charge in [0, 0.05) is 29.2 Å². The van der Waals surface area contributed by atoms with Crippen LogP contribution in [0.2, 0.25) is 5.02 Å². The third-order valence-corrected chi connectivity index (χ3v) is 4.52. The van der Waals surface area contributed by atoms with Gasteiger partial charge in [-0.3, -0.25) is 9.59 Å². The SMILES string of the molecule is NC(=O)[C@H]1CC(=O)N(c2cccc(-c3nc4cc(Cl)ccc4o3)c2)C1. The Morgan fingerprint density at radius 1 is 1.28 bits per heavy atom. The minimum atomic E-state index is -0.456. The molecule has 2 heterocycles. The van der Waals surface area contributed by atoms with Gasteiger partial charge in [0.1, 0.15) is 5.52 Å². The Morgan fingerprint density at radius 2 is 2.12 bits per heavy atom. The third-order valence-electron chi connectivity index (χ3n) is 4.28. The average molecular weight is 356 g/mol. The fourth-order valence-corrected chi connectivity index (χ4v) is 3.14. The number of amides is 2. The molecule has 1 aromatic heterocycles. The summed E-state index contributed by atoms with van der Waals surface area (Å²) in [6.45, 7) is 0.292. The van der Waals surface area contributed by atoms with Crippen molar-refractivity contribution >= 4 is 40.2 Å². The van der Waals surface area contributed by atoms with Gasteiger partial charge in [-0.1, -0.05) is 17.7 Å². The topological polar surface area (TPSA) is 89.4 Å². The van der Waals surface area contributed by atoms with Gasteiger partial charge < -0.3 is 15.1 Å². The summed E-state index contributed by atoms with van der Waals surface area (Å²) in [5.41, 5.74) is 8.05. The number of rotatable bonds is 3. The van der Waals surface area contributed by atoms with Crippen LogP contribution in [0.3, 0.4) is 0 Å². The van der Waals surface area contributed by atoms with Crippen molar-refractivity contribution in [2.45, 2.75) is 6.42 Å². The maximum atomic E-state index is 12.2. The van der Waals surface area contributed by atoms with Crippen LogP contribution in [0.25, 0.3) is 22.6 Å². The fraction of sp³-hybridized carbons (Fsp3) is 0.167. The number of fused-ring (bicyclic) bond motifs is 1. The molecule has 0 aliphatic carbocycles. The molecule has 1 aliphatic heterocycles. The largest absolute Gasteiger partial charge is 0.436 e. The van der Waals surface area contributed by atoms with E-state index in [0.29, 0.717) is 34.2 Å². The molecule has 1 saturated heterocycles. The minimum absolute atomic E-state index is 0.120. The van der Waals surface area contributed by atoms with E-state index in [1.165, 1.54) is 0 Å². The van der Waals surface area contributed by atoms with Crippen LogP contribution in [0.4, 0.5) is 5.69 Å². The van der Waals surface area contributed by atoms with Crippen LogP contribution in [-0.4, -0.2) is 23.3 Å². The molecule has 0 saturated carbocycles. The number of primary amides is 1. The number of carbonyl (C=O) groups excluding carboxylic acids is 2. The lowest BCUT2D eigenvalue weighted by Crippen LogP contribution is -2.28. The van der Waals surface area contributed by atoms with Crippen molar-refractivity contribution in [1.82, 2.24) is 4.98 Å².